The molecule has 0 spiro atoms. The molecule has 1 amide bonds. The third-order valence-electron chi connectivity index (χ3n) is 3.72. The quantitative estimate of drug-likeness (QED) is 0.775. The standard InChI is InChI=1S/C17H24N2O4/c1-4-22-17(21)14-7-5-6-8-15(14)18-16(20)11-19-9-12(2)23-13(3)10-19/h5-8,12-13H,4,9-11H2,1-3H3,(H,18,20)/p+1/t12-,13-/m1/s1. The van der Waals surface area contributed by atoms with Crippen LogP contribution in [0, 0.1) is 0 Å². The number of benzene rings is 1. The van der Waals surface area contributed by atoms with Gasteiger partial charge in [-0.15, -0.1) is 0 Å². The Kier molecular flexibility index (Phi) is 6.12. The van der Waals surface area contributed by atoms with Crippen LogP contribution >= 0.6 is 0 Å². The first-order chi connectivity index (χ1) is 11.0. The molecule has 1 fully saturated rings. The van der Waals surface area contributed by atoms with Crippen molar-refractivity contribution in [3.63, 3.8) is 0 Å². The molecular weight excluding hydrogens is 296 g/mol. The number of hydrogen-bond donors (Lipinski definition) is 2. The summed E-state index contributed by atoms with van der Waals surface area (Å²) in [6.07, 6.45) is 0.293. The predicted octanol–water partition coefficient (Wildman–Crippen LogP) is 0.494. The molecule has 0 aliphatic carbocycles. The molecule has 2 N–H and O–H groups in total. The van der Waals surface area contributed by atoms with Crippen LogP contribution in [0.2, 0.25) is 0 Å². The van der Waals surface area contributed by atoms with E-state index in [1.165, 1.54) is 4.90 Å². The van der Waals surface area contributed by atoms with Crippen molar-refractivity contribution in [2.45, 2.75) is 33.0 Å². The van der Waals surface area contributed by atoms with Crippen LogP contribution in [0.25, 0.3) is 0 Å². The fourth-order valence-electron chi connectivity index (χ4n) is 2.93. The minimum absolute atomic E-state index is 0.113. The highest BCUT2D eigenvalue weighted by Crippen LogP contribution is 2.16. The summed E-state index contributed by atoms with van der Waals surface area (Å²) in [6, 6.07) is 6.89. The average molecular weight is 321 g/mol. The van der Waals surface area contributed by atoms with E-state index in [4.69, 9.17) is 9.47 Å². The second-order valence-corrected chi connectivity index (χ2v) is 5.91. The molecule has 6 nitrogen and oxygen atoms in total. The molecule has 2 atom stereocenters. The maximum absolute atomic E-state index is 12.3. The van der Waals surface area contributed by atoms with Crippen molar-refractivity contribution in [3.05, 3.63) is 29.8 Å². The highest BCUT2D eigenvalue weighted by Gasteiger charge is 2.27. The molecule has 1 aliphatic rings. The van der Waals surface area contributed by atoms with E-state index >= 15 is 0 Å². The Morgan fingerprint density at radius 3 is 2.57 bits per heavy atom. The summed E-state index contributed by atoms with van der Waals surface area (Å²) in [7, 11) is 0. The summed E-state index contributed by atoms with van der Waals surface area (Å²) in [5.41, 5.74) is 0.867. The number of amides is 1. The average Bonchev–Trinajstić information content (AvgIpc) is 2.46. The molecule has 0 bridgehead atoms. The summed E-state index contributed by atoms with van der Waals surface area (Å²) >= 11 is 0. The largest absolute Gasteiger partial charge is 0.462 e. The Morgan fingerprint density at radius 1 is 1.26 bits per heavy atom. The maximum Gasteiger partial charge on any atom is 0.340 e. The van der Waals surface area contributed by atoms with Crippen molar-refractivity contribution in [2.75, 3.05) is 31.6 Å². The number of morpholine rings is 1. The number of para-hydroxylation sites is 1. The van der Waals surface area contributed by atoms with Crippen molar-refractivity contribution in [1.82, 2.24) is 0 Å². The van der Waals surface area contributed by atoms with E-state index in [9.17, 15) is 9.59 Å². The van der Waals surface area contributed by atoms with Gasteiger partial charge in [0.2, 0.25) is 0 Å². The summed E-state index contributed by atoms with van der Waals surface area (Å²) in [5.74, 6) is -0.539. The van der Waals surface area contributed by atoms with Gasteiger partial charge in [-0.1, -0.05) is 12.1 Å². The molecule has 0 aromatic heterocycles. The molecule has 126 valence electrons. The van der Waals surface area contributed by atoms with E-state index in [1.807, 2.05) is 13.8 Å². The molecule has 0 unspecified atom stereocenters. The third kappa shape index (κ3) is 5.04. The van der Waals surface area contributed by atoms with Gasteiger partial charge in [0.05, 0.1) is 17.9 Å². The number of quaternary nitrogens is 1. The highest BCUT2D eigenvalue weighted by molar-refractivity contribution is 6.01. The van der Waals surface area contributed by atoms with Crippen molar-refractivity contribution in [1.29, 1.82) is 0 Å². The summed E-state index contributed by atoms with van der Waals surface area (Å²) in [4.78, 5) is 25.4. The van der Waals surface area contributed by atoms with Gasteiger partial charge in [0.1, 0.15) is 25.3 Å². The molecule has 1 aliphatic heterocycles. The smallest absolute Gasteiger partial charge is 0.340 e. The summed E-state index contributed by atoms with van der Waals surface area (Å²) in [6.45, 7) is 8.05. The number of anilines is 1. The number of rotatable bonds is 5. The molecule has 1 heterocycles. The lowest BCUT2D eigenvalue weighted by molar-refractivity contribution is -0.907. The molecule has 1 aromatic rings. The summed E-state index contributed by atoms with van der Waals surface area (Å²) in [5, 5.41) is 2.83. The first-order valence-electron chi connectivity index (χ1n) is 8.04. The van der Waals surface area contributed by atoms with Gasteiger partial charge in [-0.25, -0.2) is 4.79 Å². The molecule has 2 rings (SSSR count). The summed E-state index contributed by atoms with van der Waals surface area (Å²) < 4.78 is 10.7. The van der Waals surface area contributed by atoms with Crippen LogP contribution in [0.3, 0.4) is 0 Å². The third-order valence-corrected chi connectivity index (χ3v) is 3.72. The van der Waals surface area contributed by atoms with Gasteiger partial charge < -0.3 is 19.7 Å². The maximum atomic E-state index is 12.3. The zero-order chi connectivity index (χ0) is 16.8. The van der Waals surface area contributed by atoms with E-state index < -0.39 is 5.97 Å². The van der Waals surface area contributed by atoms with Gasteiger partial charge in [-0.2, -0.15) is 0 Å². The van der Waals surface area contributed by atoms with Crippen LogP contribution in [0.1, 0.15) is 31.1 Å². The Labute approximate surface area is 136 Å². The minimum Gasteiger partial charge on any atom is -0.462 e. The van der Waals surface area contributed by atoms with Crippen molar-refractivity contribution in [3.8, 4) is 0 Å². The van der Waals surface area contributed by atoms with E-state index in [2.05, 4.69) is 5.32 Å². The second-order valence-electron chi connectivity index (χ2n) is 5.91. The van der Waals surface area contributed by atoms with Crippen LogP contribution in [0.5, 0.6) is 0 Å². The Balaban J connectivity index is 1.99. The number of nitrogens with one attached hydrogen (secondary N) is 2. The van der Waals surface area contributed by atoms with E-state index in [0.29, 0.717) is 24.4 Å². The molecular formula is C17H25N2O4+. The van der Waals surface area contributed by atoms with Gasteiger partial charge in [0.15, 0.2) is 6.54 Å². The Bertz CT molecular complexity index is 551. The molecule has 1 aromatic carbocycles. The van der Waals surface area contributed by atoms with Crippen molar-refractivity contribution >= 4 is 17.6 Å². The van der Waals surface area contributed by atoms with Gasteiger partial charge in [0.25, 0.3) is 5.91 Å². The number of ether oxygens (including phenoxy) is 2. The zero-order valence-corrected chi connectivity index (χ0v) is 13.9. The lowest BCUT2D eigenvalue weighted by Gasteiger charge is -2.31. The van der Waals surface area contributed by atoms with Crippen molar-refractivity contribution in [2.24, 2.45) is 0 Å². The van der Waals surface area contributed by atoms with Gasteiger partial charge >= 0.3 is 5.97 Å². The fourth-order valence-corrected chi connectivity index (χ4v) is 2.93. The second kappa shape index (κ2) is 8.08. The first-order valence-corrected chi connectivity index (χ1v) is 8.04. The van der Waals surface area contributed by atoms with Crippen molar-refractivity contribution < 1.29 is 24.0 Å². The molecule has 1 saturated heterocycles. The number of carbonyl (C=O) groups excluding carboxylic acids is 2. The lowest BCUT2D eigenvalue weighted by Crippen LogP contribution is -3.16. The molecule has 0 saturated carbocycles. The number of carbonyl (C=O) groups is 2. The number of esters is 1. The lowest BCUT2D eigenvalue weighted by atomic mass is 10.1. The fraction of sp³-hybridized carbons (Fsp3) is 0.529. The Morgan fingerprint density at radius 2 is 1.91 bits per heavy atom. The van der Waals surface area contributed by atoms with E-state index in [-0.39, 0.29) is 18.1 Å². The van der Waals surface area contributed by atoms with Crippen LogP contribution in [-0.4, -0.2) is 50.3 Å². The minimum atomic E-state index is -0.427. The number of hydrogen-bond acceptors (Lipinski definition) is 4. The van der Waals surface area contributed by atoms with E-state index in [1.54, 1.807) is 31.2 Å². The molecule has 6 heteroatoms. The van der Waals surface area contributed by atoms with Crippen LogP contribution < -0.4 is 10.2 Å². The van der Waals surface area contributed by atoms with Crippen LogP contribution in [0.4, 0.5) is 5.69 Å². The van der Waals surface area contributed by atoms with Crippen LogP contribution in [0.15, 0.2) is 24.3 Å². The SMILES string of the molecule is CCOC(=O)c1ccccc1NC(=O)C[NH+]1C[C@@H](C)O[C@H](C)C1. The molecule has 23 heavy (non-hydrogen) atoms. The predicted molar refractivity (Wildman–Crippen MR) is 86.6 cm³/mol. The first kappa shape index (κ1) is 17.4. The normalized spacial score (nSPS) is 24.0. The monoisotopic (exact) mass is 321 g/mol. The highest BCUT2D eigenvalue weighted by atomic mass is 16.5. The topological polar surface area (TPSA) is 69.1 Å². The van der Waals surface area contributed by atoms with E-state index in [0.717, 1.165) is 13.1 Å². The Hall–Kier alpha value is -1.92. The van der Waals surface area contributed by atoms with Gasteiger partial charge in [0, 0.05) is 0 Å². The van der Waals surface area contributed by atoms with Crippen LogP contribution in [-0.2, 0) is 14.3 Å². The van der Waals surface area contributed by atoms with Gasteiger partial charge in [-0.3, -0.25) is 4.79 Å². The molecule has 0 radical (unpaired) electrons. The van der Waals surface area contributed by atoms with Gasteiger partial charge in [-0.05, 0) is 32.9 Å². The zero-order valence-electron chi connectivity index (χ0n) is 13.9.